The van der Waals surface area contributed by atoms with Crippen LogP contribution in [0.1, 0.15) is 11.6 Å². The van der Waals surface area contributed by atoms with Gasteiger partial charge in [0.05, 0.1) is 21.3 Å². The molecule has 1 N–H and O–H groups in total. The molecule has 0 radical (unpaired) electrons. The number of rotatable bonds is 8. The van der Waals surface area contributed by atoms with Crippen molar-refractivity contribution in [2.45, 2.75) is 6.04 Å². The molecule has 1 aromatic rings. The van der Waals surface area contributed by atoms with E-state index in [4.69, 9.17) is 19.7 Å². The molecule has 8 nitrogen and oxygen atoms in total. The van der Waals surface area contributed by atoms with Gasteiger partial charge in [-0.05, 0) is 23.7 Å². The maximum atomic E-state index is 12.0. The second-order valence-electron chi connectivity index (χ2n) is 3.97. The first-order valence-electron chi connectivity index (χ1n) is 6.22. The van der Waals surface area contributed by atoms with Crippen LogP contribution in [-0.4, -0.2) is 40.4 Å². The largest absolute Gasteiger partial charge is 0.497 e. The van der Waals surface area contributed by atoms with Gasteiger partial charge in [0, 0.05) is 23.6 Å². The highest BCUT2D eigenvalue weighted by atomic mass is 16.5. The molecular weight excluding hydrogens is 276 g/mol. The number of carbonyl (C=O) groups excluding carboxylic acids is 1. The highest BCUT2D eigenvalue weighted by Gasteiger charge is 2.24. The Balaban J connectivity index is 3.05. The second-order valence-corrected chi connectivity index (χ2v) is 3.97. The zero-order valence-electron chi connectivity index (χ0n) is 12.2. The van der Waals surface area contributed by atoms with Crippen LogP contribution in [0.5, 0.6) is 11.5 Å². The molecule has 0 bridgehead atoms. The van der Waals surface area contributed by atoms with Gasteiger partial charge in [-0.25, -0.2) is 4.79 Å². The van der Waals surface area contributed by atoms with Crippen LogP contribution < -0.4 is 14.8 Å². The van der Waals surface area contributed by atoms with E-state index in [9.17, 15) is 4.79 Å². The summed E-state index contributed by atoms with van der Waals surface area (Å²) in [5, 5.41) is 6.38. The number of hydrogen-bond donors (Lipinski definition) is 1. The van der Waals surface area contributed by atoms with E-state index in [0.29, 0.717) is 23.6 Å². The number of ether oxygens (including phenoxy) is 3. The normalized spacial score (nSPS) is 11.2. The number of nitrogens with one attached hydrogen (secondary N) is 1. The molecule has 0 aromatic heterocycles. The van der Waals surface area contributed by atoms with Gasteiger partial charge in [-0.1, -0.05) is 5.11 Å². The zero-order valence-corrected chi connectivity index (χ0v) is 12.2. The van der Waals surface area contributed by atoms with Crippen molar-refractivity contribution in [1.82, 2.24) is 5.32 Å². The van der Waals surface area contributed by atoms with E-state index < -0.39 is 12.0 Å². The van der Waals surface area contributed by atoms with Crippen LogP contribution in [0, 0.1) is 0 Å². The minimum Gasteiger partial charge on any atom is -0.497 e. The standard InChI is InChI=1S/C13H18N4O4/c1-19-9-4-5-11(20-2)10(8-9)12(13(18)21-3)15-6-7-16-17-14/h4-5,8,12,15H,6-7H2,1-3H3. The fourth-order valence-electron chi connectivity index (χ4n) is 1.81. The van der Waals surface area contributed by atoms with Gasteiger partial charge in [0.15, 0.2) is 0 Å². The lowest BCUT2D eigenvalue weighted by Gasteiger charge is -2.19. The molecule has 1 rings (SSSR count). The number of benzene rings is 1. The predicted octanol–water partition coefficient (Wildman–Crippen LogP) is 1.82. The molecular formula is C13H18N4O4. The first kappa shape index (κ1) is 16.6. The summed E-state index contributed by atoms with van der Waals surface area (Å²) >= 11 is 0. The van der Waals surface area contributed by atoms with Gasteiger partial charge >= 0.3 is 5.97 Å². The first-order valence-corrected chi connectivity index (χ1v) is 6.22. The van der Waals surface area contributed by atoms with Crippen LogP contribution in [0.15, 0.2) is 23.3 Å². The third kappa shape index (κ3) is 4.55. The molecule has 0 aliphatic rings. The van der Waals surface area contributed by atoms with Crippen LogP contribution in [-0.2, 0) is 9.53 Å². The smallest absolute Gasteiger partial charge is 0.327 e. The van der Waals surface area contributed by atoms with Crippen molar-refractivity contribution in [2.75, 3.05) is 34.4 Å². The molecule has 1 aromatic carbocycles. The van der Waals surface area contributed by atoms with Crippen molar-refractivity contribution in [3.05, 3.63) is 34.2 Å². The Morgan fingerprint density at radius 2 is 2.14 bits per heavy atom. The number of carbonyl (C=O) groups is 1. The Kier molecular flexibility index (Phi) is 6.86. The molecule has 0 fully saturated rings. The Morgan fingerprint density at radius 3 is 2.71 bits per heavy atom. The van der Waals surface area contributed by atoms with Crippen LogP contribution >= 0.6 is 0 Å². The Bertz CT molecular complexity index is 529. The fourth-order valence-corrected chi connectivity index (χ4v) is 1.81. The van der Waals surface area contributed by atoms with Gasteiger partial charge in [0.2, 0.25) is 0 Å². The summed E-state index contributed by atoms with van der Waals surface area (Å²) in [6.07, 6.45) is 0. The van der Waals surface area contributed by atoms with Crippen molar-refractivity contribution < 1.29 is 19.0 Å². The lowest BCUT2D eigenvalue weighted by atomic mass is 10.0. The number of hydrogen-bond acceptors (Lipinski definition) is 6. The van der Waals surface area contributed by atoms with E-state index in [1.807, 2.05) is 0 Å². The summed E-state index contributed by atoms with van der Waals surface area (Å²) in [6, 6.07) is 4.39. The number of azide groups is 1. The number of esters is 1. The molecule has 1 atom stereocenters. The van der Waals surface area contributed by atoms with E-state index in [-0.39, 0.29) is 6.54 Å². The molecule has 0 aliphatic heterocycles. The molecule has 0 spiro atoms. The van der Waals surface area contributed by atoms with Gasteiger partial charge < -0.3 is 19.5 Å². The first-order chi connectivity index (χ1) is 10.2. The molecule has 0 aliphatic carbocycles. The summed E-state index contributed by atoms with van der Waals surface area (Å²) in [5.74, 6) is 0.654. The lowest BCUT2D eigenvalue weighted by Crippen LogP contribution is -2.31. The summed E-state index contributed by atoms with van der Waals surface area (Å²) in [7, 11) is 4.35. The Morgan fingerprint density at radius 1 is 1.38 bits per heavy atom. The lowest BCUT2D eigenvalue weighted by molar-refractivity contribution is -0.143. The predicted molar refractivity (Wildman–Crippen MR) is 76.3 cm³/mol. The Labute approximate surface area is 122 Å². The van der Waals surface area contributed by atoms with Crippen LogP contribution in [0.2, 0.25) is 0 Å². The van der Waals surface area contributed by atoms with Crippen LogP contribution in [0.4, 0.5) is 0 Å². The van der Waals surface area contributed by atoms with Gasteiger partial charge in [-0.15, -0.1) is 0 Å². The molecule has 0 heterocycles. The van der Waals surface area contributed by atoms with Crippen molar-refractivity contribution in [3.8, 4) is 11.5 Å². The third-order valence-electron chi connectivity index (χ3n) is 2.81. The quantitative estimate of drug-likeness (QED) is 0.259. The number of methoxy groups -OCH3 is 3. The topological polar surface area (TPSA) is 106 Å². The van der Waals surface area contributed by atoms with E-state index in [1.165, 1.54) is 21.3 Å². The zero-order chi connectivity index (χ0) is 15.7. The highest BCUT2D eigenvalue weighted by Crippen LogP contribution is 2.30. The van der Waals surface area contributed by atoms with E-state index >= 15 is 0 Å². The number of nitrogens with zero attached hydrogens (tertiary/aromatic N) is 3. The van der Waals surface area contributed by atoms with Gasteiger partial charge in [0.1, 0.15) is 17.5 Å². The van der Waals surface area contributed by atoms with Gasteiger partial charge in [0.25, 0.3) is 0 Å². The van der Waals surface area contributed by atoms with Crippen molar-refractivity contribution in [1.29, 1.82) is 0 Å². The van der Waals surface area contributed by atoms with Gasteiger partial charge in [-0.2, -0.15) is 0 Å². The molecule has 0 saturated heterocycles. The van der Waals surface area contributed by atoms with Crippen LogP contribution in [0.3, 0.4) is 0 Å². The minimum atomic E-state index is -0.742. The third-order valence-corrected chi connectivity index (χ3v) is 2.81. The van der Waals surface area contributed by atoms with Crippen molar-refractivity contribution >= 4 is 5.97 Å². The average molecular weight is 294 g/mol. The average Bonchev–Trinajstić information content (AvgIpc) is 2.53. The molecule has 21 heavy (non-hydrogen) atoms. The van der Waals surface area contributed by atoms with E-state index in [1.54, 1.807) is 18.2 Å². The summed E-state index contributed by atoms with van der Waals surface area (Å²) in [6.45, 7) is 0.542. The molecule has 0 saturated carbocycles. The summed E-state index contributed by atoms with van der Waals surface area (Å²) in [4.78, 5) is 14.6. The summed E-state index contributed by atoms with van der Waals surface area (Å²) < 4.78 is 15.2. The molecule has 8 heteroatoms. The van der Waals surface area contributed by atoms with Crippen molar-refractivity contribution in [2.24, 2.45) is 5.11 Å². The maximum absolute atomic E-state index is 12.0. The van der Waals surface area contributed by atoms with E-state index in [0.717, 1.165) is 0 Å². The SMILES string of the molecule is COC(=O)C(NCCN=[N+]=[N-])c1cc(OC)ccc1OC. The monoisotopic (exact) mass is 294 g/mol. The summed E-state index contributed by atoms with van der Waals surface area (Å²) in [5.41, 5.74) is 8.84. The molecule has 1 unspecified atom stereocenters. The fraction of sp³-hybridized carbons (Fsp3) is 0.462. The second kappa shape index (κ2) is 8.68. The van der Waals surface area contributed by atoms with E-state index in [2.05, 4.69) is 15.3 Å². The van der Waals surface area contributed by atoms with Gasteiger partial charge in [-0.3, -0.25) is 0 Å². The minimum absolute atomic E-state index is 0.219. The molecule has 114 valence electrons. The maximum Gasteiger partial charge on any atom is 0.327 e. The van der Waals surface area contributed by atoms with Crippen LogP contribution in [0.25, 0.3) is 10.4 Å². The Hall–Kier alpha value is -2.44. The highest BCUT2D eigenvalue weighted by molar-refractivity contribution is 5.78. The van der Waals surface area contributed by atoms with Crippen molar-refractivity contribution in [3.63, 3.8) is 0 Å². The molecule has 0 amide bonds.